The number of nitrogens with zero attached hydrogens (tertiary/aromatic N) is 1. The number of carbonyl (C=O) groups excluding carboxylic acids is 1. The van der Waals surface area contributed by atoms with Gasteiger partial charge in [0, 0.05) is 18.0 Å². The third-order valence-electron chi connectivity index (χ3n) is 4.49. The lowest BCUT2D eigenvalue weighted by Crippen LogP contribution is -2.57. The summed E-state index contributed by atoms with van der Waals surface area (Å²) in [5.74, 6) is 0.119. The van der Waals surface area contributed by atoms with Crippen LogP contribution in [0.5, 0.6) is 0 Å². The second-order valence-corrected chi connectivity index (χ2v) is 8.38. The Bertz CT molecular complexity index is 380. The van der Waals surface area contributed by atoms with Crippen molar-refractivity contribution < 1.29 is 14.6 Å². The van der Waals surface area contributed by atoms with Gasteiger partial charge in [-0.3, -0.25) is 0 Å². The van der Waals surface area contributed by atoms with Gasteiger partial charge in [-0.25, -0.2) is 4.79 Å². The van der Waals surface area contributed by atoms with E-state index in [1.807, 2.05) is 25.7 Å². The summed E-state index contributed by atoms with van der Waals surface area (Å²) in [4.78, 5) is 14.4. The van der Waals surface area contributed by atoms with Crippen molar-refractivity contribution >= 4 is 6.09 Å². The molecule has 0 aliphatic carbocycles. The Morgan fingerprint density at radius 2 is 1.75 bits per heavy atom. The summed E-state index contributed by atoms with van der Waals surface area (Å²) in [6.07, 6.45) is 2.10. The van der Waals surface area contributed by atoms with Gasteiger partial charge in [0.25, 0.3) is 0 Å². The van der Waals surface area contributed by atoms with Crippen molar-refractivity contribution in [3.8, 4) is 0 Å². The lowest BCUT2D eigenvalue weighted by atomic mass is 9.70. The summed E-state index contributed by atoms with van der Waals surface area (Å²) in [7, 11) is 0. The first-order valence-electron chi connectivity index (χ1n) is 7.70. The van der Waals surface area contributed by atoms with Crippen molar-refractivity contribution in [1.29, 1.82) is 0 Å². The predicted octanol–water partition coefficient (Wildman–Crippen LogP) is 3.18. The highest BCUT2D eigenvalue weighted by Crippen LogP contribution is 2.46. The number of hydrogen-bond acceptors (Lipinski definition) is 3. The third-order valence-corrected chi connectivity index (χ3v) is 4.49. The predicted molar refractivity (Wildman–Crippen MR) is 78.5 cm³/mol. The molecule has 4 nitrogen and oxygen atoms in total. The van der Waals surface area contributed by atoms with E-state index in [2.05, 4.69) is 20.8 Å². The molecule has 0 aromatic heterocycles. The molecular formula is C16H29NO3. The van der Waals surface area contributed by atoms with Crippen molar-refractivity contribution in [3.63, 3.8) is 0 Å². The van der Waals surface area contributed by atoms with Gasteiger partial charge in [-0.1, -0.05) is 20.8 Å². The van der Waals surface area contributed by atoms with Gasteiger partial charge in [0.05, 0.1) is 6.10 Å². The van der Waals surface area contributed by atoms with Gasteiger partial charge in [-0.05, 0) is 45.4 Å². The zero-order valence-electron chi connectivity index (χ0n) is 13.6. The minimum absolute atomic E-state index is 0.0142. The summed E-state index contributed by atoms with van der Waals surface area (Å²) >= 11 is 0. The van der Waals surface area contributed by atoms with Crippen molar-refractivity contribution in [1.82, 2.24) is 4.90 Å². The molecule has 2 heterocycles. The molecule has 0 saturated carbocycles. The highest BCUT2D eigenvalue weighted by Gasteiger charge is 2.53. The third kappa shape index (κ3) is 2.95. The van der Waals surface area contributed by atoms with Gasteiger partial charge >= 0.3 is 6.09 Å². The topological polar surface area (TPSA) is 49.8 Å². The monoisotopic (exact) mass is 283 g/mol. The quantitative estimate of drug-likeness (QED) is 0.743. The lowest BCUT2D eigenvalue weighted by Gasteiger charge is -2.48. The van der Waals surface area contributed by atoms with Crippen LogP contribution in [0.1, 0.15) is 60.8 Å². The number of carbonyl (C=O) groups is 1. The van der Waals surface area contributed by atoms with E-state index in [1.165, 1.54) is 0 Å². The Kier molecular flexibility index (Phi) is 3.83. The number of fused-ring (bicyclic) bond motifs is 2. The average Bonchev–Trinajstić information content (AvgIpc) is 2.49. The summed E-state index contributed by atoms with van der Waals surface area (Å²) in [5, 5.41) is 10.4. The molecule has 1 N–H and O–H groups in total. The van der Waals surface area contributed by atoms with Crippen LogP contribution in [0.25, 0.3) is 0 Å². The fraction of sp³-hybridized carbons (Fsp3) is 0.938. The molecule has 2 bridgehead atoms. The van der Waals surface area contributed by atoms with Crippen LogP contribution in [0.3, 0.4) is 0 Å². The van der Waals surface area contributed by atoms with Crippen molar-refractivity contribution in [2.75, 3.05) is 0 Å². The van der Waals surface area contributed by atoms with E-state index in [4.69, 9.17) is 4.74 Å². The van der Waals surface area contributed by atoms with Crippen LogP contribution in [0.4, 0.5) is 4.79 Å². The van der Waals surface area contributed by atoms with Gasteiger partial charge < -0.3 is 14.7 Å². The summed E-state index contributed by atoms with van der Waals surface area (Å²) < 4.78 is 5.56. The molecule has 0 aromatic rings. The number of hydrogen-bond donors (Lipinski definition) is 1. The van der Waals surface area contributed by atoms with E-state index in [0.717, 1.165) is 12.8 Å². The molecule has 2 saturated heterocycles. The first kappa shape index (κ1) is 15.6. The molecule has 2 aliphatic rings. The van der Waals surface area contributed by atoms with E-state index in [0.29, 0.717) is 6.42 Å². The van der Waals surface area contributed by atoms with Crippen LogP contribution in [-0.2, 0) is 4.74 Å². The number of amides is 1. The number of piperidine rings is 1. The molecular weight excluding hydrogens is 254 g/mol. The zero-order valence-corrected chi connectivity index (χ0v) is 13.6. The van der Waals surface area contributed by atoms with Gasteiger partial charge in [0.15, 0.2) is 0 Å². The molecule has 0 spiro atoms. The highest BCUT2D eigenvalue weighted by molar-refractivity contribution is 5.69. The van der Waals surface area contributed by atoms with Gasteiger partial charge in [0.1, 0.15) is 5.60 Å². The molecule has 4 heteroatoms. The Morgan fingerprint density at radius 1 is 1.15 bits per heavy atom. The normalized spacial score (nSPS) is 34.2. The maximum absolute atomic E-state index is 12.5. The Morgan fingerprint density at radius 3 is 2.25 bits per heavy atom. The Balaban J connectivity index is 2.21. The SMILES string of the molecule is CC(C)(C)OC(=O)N1C2CCC1C(C(C)(C)C)C(O)C2. The second-order valence-electron chi connectivity index (χ2n) is 8.38. The summed E-state index contributed by atoms with van der Waals surface area (Å²) in [6, 6.07) is 0.252. The highest BCUT2D eigenvalue weighted by atomic mass is 16.6. The van der Waals surface area contributed by atoms with Gasteiger partial charge in [-0.15, -0.1) is 0 Å². The average molecular weight is 283 g/mol. The van der Waals surface area contributed by atoms with E-state index in [9.17, 15) is 9.90 Å². The molecule has 0 radical (unpaired) electrons. The van der Waals surface area contributed by atoms with Crippen LogP contribution in [-0.4, -0.2) is 39.9 Å². The molecule has 116 valence electrons. The van der Waals surface area contributed by atoms with E-state index >= 15 is 0 Å². The van der Waals surface area contributed by atoms with E-state index < -0.39 is 5.60 Å². The molecule has 0 aromatic carbocycles. The van der Waals surface area contributed by atoms with Crippen LogP contribution >= 0.6 is 0 Å². The molecule has 2 aliphatic heterocycles. The number of aliphatic hydroxyl groups excluding tert-OH is 1. The van der Waals surface area contributed by atoms with Crippen LogP contribution in [0.2, 0.25) is 0 Å². The van der Waals surface area contributed by atoms with Gasteiger partial charge in [-0.2, -0.15) is 0 Å². The fourth-order valence-electron chi connectivity index (χ4n) is 3.93. The summed E-state index contributed by atoms with van der Waals surface area (Å²) in [5.41, 5.74) is -0.483. The Hall–Kier alpha value is -0.770. The van der Waals surface area contributed by atoms with Crippen molar-refractivity contribution in [2.45, 2.75) is 84.6 Å². The van der Waals surface area contributed by atoms with Crippen LogP contribution in [0.15, 0.2) is 0 Å². The number of aliphatic hydroxyl groups is 1. The van der Waals surface area contributed by atoms with Crippen LogP contribution < -0.4 is 0 Å². The first-order chi connectivity index (χ1) is 9.00. The number of rotatable bonds is 0. The largest absolute Gasteiger partial charge is 0.444 e. The summed E-state index contributed by atoms with van der Waals surface area (Å²) in [6.45, 7) is 12.1. The van der Waals surface area contributed by atoms with Crippen LogP contribution in [0, 0.1) is 11.3 Å². The lowest BCUT2D eigenvalue weighted by molar-refractivity contribution is -0.0684. The second kappa shape index (κ2) is 4.90. The minimum Gasteiger partial charge on any atom is -0.444 e. The molecule has 4 atom stereocenters. The number of ether oxygens (including phenoxy) is 1. The molecule has 4 unspecified atom stereocenters. The molecule has 2 fully saturated rings. The fourth-order valence-corrected chi connectivity index (χ4v) is 3.93. The minimum atomic E-state index is -0.468. The zero-order chi connectivity index (χ0) is 15.3. The molecule has 1 amide bonds. The van der Waals surface area contributed by atoms with E-state index in [1.54, 1.807) is 0 Å². The van der Waals surface area contributed by atoms with Crippen molar-refractivity contribution in [2.24, 2.45) is 11.3 Å². The smallest absolute Gasteiger partial charge is 0.410 e. The van der Waals surface area contributed by atoms with Gasteiger partial charge in [0.2, 0.25) is 0 Å². The maximum atomic E-state index is 12.5. The molecule has 20 heavy (non-hydrogen) atoms. The Labute approximate surface area is 122 Å². The standard InChI is InChI=1S/C16H29NO3/c1-15(2,3)13-11-8-7-10(9-12(13)18)17(11)14(19)20-16(4,5)6/h10-13,18H,7-9H2,1-6H3. The van der Waals surface area contributed by atoms with E-state index in [-0.39, 0.29) is 35.6 Å². The molecule has 2 rings (SSSR count). The van der Waals surface area contributed by atoms with Crippen molar-refractivity contribution in [3.05, 3.63) is 0 Å². The maximum Gasteiger partial charge on any atom is 0.410 e. The first-order valence-corrected chi connectivity index (χ1v) is 7.70.